The molecular formula is C21H22N4O2S. The number of benzene rings is 2. The normalized spacial score (nSPS) is 16.2. The van der Waals surface area contributed by atoms with Gasteiger partial charge in [-0.25, -0.2) is 9.97 Å². The average molecular weight is 395 g/mol. The minimum atomic E-state index is -0.0326. The summed E-state index contributed by atoms with van der Waals surface area (Å²) in [7, 11) is 0. The lowest BCUT2D eigenvalue weighted by atomic mass is 10.2. The Hall–Kier alpha value is -2.64. The maximum Gasteiger partial charge on any atom is 0.230 e. The molecule has 7 heteroatoms. The van der Waals surface area contributed by atoms with Gasteiger partial charge in [0.25, 0.3) is 0 Å². The van der Waals surface area contributed by atoms with E-state index in [1.807, 2.05) is 54.6 Å². The first kappa shape index (κ1) is 18.7. The Morgan fingerprint density at radius 3 is 2.75 bits per heavy atom. The van der Waals surface area contributed by atoms with Gasteiger partial charge in [-0.1, -0.05) is 42.1 Å². The highest BCUT2D eigenvalue weighted by atomic mass is 32.2. The smallest absolute Gasteiger partial charge is 0.230 e. The van der Waals surface area contributed by atoms with E-state index in [1.54, 1.807) is 0 Å². The number of fused-ring (bicyclic) bond motifs is 1. The Morgan fingerprint density at radius 2 is 1.93 bits per heavy atom. The lowest BCUT2D eigenvalue weighted by Crippen LogP contribution is -2.32. The number of ether oxygens (including phenoxy) is 1. The van der Waals surface area contributed by atoms with Gasteiger partial charge < -0.3 is 15.4 Å². The summed E-state index contributed by atoms with van der Waals surface area (Å²) in [6.07, 6.45) is 2.22. The molecule has 1 aliphatic rings. The lowest BCUT2D eigenvalue weighted by Gasteiger charge is -2.12. The summed E-state index contributed by atoms with van der Waals surface area (Å²) < 4.78 is 5.53. The number of nitrogens with zero attached hydrogens (tertiary/aromatic N) is 2. The van der Waals surface area contributed by atoms with Crippen LogP contribution in [0.3, 0.4) is 0 Å². The van der Waals surface area contributed by atoms with Crippen LogP contribution in [-0.2, 0) is 9.53 Å². The average Bonchev–Trinajstić information content (AvgIpc) is 3.25. The van der Waals surface area contributed by atoms with Crippen molar-refractivity contribution < 1.29 is 9.53 Å². The van der Waals surface area contributed by atoms with E-state index in [-0.39, 0.29) is 17.8 Å². The van der Waals surface area contributed by atoms with Gasteiger partial charge in [0.1, 0.15) is 5.82 Å². The highest BCUT2D eigenvalue weighted by Gasteiger charge is 2.16. The number of carbonyl (C=O) groups is 1. The van der Waals surface area contributed by atoms with Crippen molar-refractivity contribution >= 4 is 40.1 Å². The predicted octanol–water partition coefficient (Wildman–Crippen LogP) is 3.76. The number of nitrogens with one attached hydrogen (secondary N) is 2. The fourth-order valence-electron chi connectivity index (χ4n) is 3.09. The van der Waals surface area contributed by atoms with Crippen molar-refractivity contribution in [2.45, 2.75) is 24.1 Å². The first-order chi connectivity index (χ1) is 13.8. The van der Waals surface area contributed by atoms with E-state index in [1.165, 1.54) is 11.8 Å². The van der Waals surface area contributed by atoms with Crippen molar-refractivity contribution in [1.82, 2.24) is 15.3 Å². The van der Waals surface area contributed by atoms with Crippen LogP contribution in [0, 0.1) is 0 Å². The Kier molecular flexibility index (Phi) is 6.04. The summed E-state index contributed by atoms with van der Waals surface area (Å²) in [5, 5.41) is 7.80. The van der Waals surface area contributed by atoms with Gasteiger partial charge in [-0.15, -0.1) is 0 Å². The molecule has 0 aliphatic carbocycles. The van der Waals surface area contributed by atoms with Crippen molar-refractivity contribution in [3.05, 3.63) is 54.6 Å². The third-order valence-corrected chi connectivity index (χ3v) is 5.35. The molecule has 0 spiro atoms. The third kappa shape index (κ3) is 4.79. The monoisotopic (exact) mass is 394 g/mol. The Morgan fingerprint density at radius 1 is 1.11 bits per heavy atom. The summed E-state index contributed by atoms with van der Waals surface area (Å²) in [5.74, 6) is 0.976. The number of para-hydroxylation sites is 2. The fourth-order valence-corrected chi connectivity index (χ4v) is 3.77. The minimum Gasteiger partial charge on any atom is -0.376 e. The van der Waals surface area contributed by atoms with Gasteiger partial charge in [0, 0.05) is 24.2 Å². The van der Waals surface area contributed by atoms with Crippen molar-refractivity contribution in [2.75, 3.05) is 24.2 Å². The van der Waals surface area contributed by atoms with Gasteiger partial charge in [0.05, 0.1) is 17.4 Å². The number of hydrogen-bond donors (Lipinski definition) is 2. The van der Waals surface area contributed by atoms with Crippen LogP contribution in [0.4, 0.5) is 11.5 Å². The van der Waals surface area contributed by atoms with E-state index < -0.39 is 0 Å². The molecule has 4 rings (SSSR count). The topological polar surface area (TPSA) is 76.1 Å². The van der Waals surface area contributed by atoms with E-state index in [9.17, 15) is 4.79 Å². The first-order valence-corrected chi connectivity index (χ1v) is 10.4. The van der Waals surface area contributed by atoms with Gasteiger partial charge in [0.15, 0.2) is 5.16 Å². The molecule has 0 radical (unpaired) electrons. The van der Waals surface area contributed by atoms with E-state index >= 15 is 0 Å². The van der Waals surface area contributed by atoms with Crippen LogP contribution in [-0.4, -0.2) is 40.9 Å². The van der Waals surface area contributed by atoms with E-state index in [2.05, 4.69) is 20.6 Å². The predicted molar refractivity (Wildman–Crippen MR) is 112 cm³/mol. The summed E-state index contributed by atoms with van der Waals surface area (Å²) in [6.45, 7) is 1.36. The number of rotatable bonds is 7. The van der Waals surface area contributed by atoms with Crippen molar-refractivity contribution in [3.63, 3.8) is 0 Å². The number of thioether (sulfide) groups is 1. The maximum absolute atomic E-state index is 12.2. The molecule has 1 aromatic heterocycles. The fraction of sp³-hybridized carbons (Fsp3) is 0.286. The Bertz CT molecular complexity index is 946. The SMILES string of the molecule is O=C(CSc1nc(Nc2ccccc2)c2ccccc2n1)NC[C@H]1CCCO1. The molecule has 2 aromatic carbocycles. The molecule has 1 aliphatic heterocycles. The molecule has 28 heavy (non-hydrogen) atoms. The summed E-state index contributed by atoms with van der Waals surface area (Å²) in [5.41, 5.74) is 1.80. The van der Waals surface area contributed by atoms with Crippen LogP contribution in [0.5, 0.6) is 0 Å². The van der Waals surface area contributed by atoms with E-state index in [4.69, 9.17) is 4.74 Å². The van der Waals surface area contributed by atoms with E-state index in [0.717, 1.165) is 41.9 Å². The molecule has 6 nitrogen and oxygen atoms in total. The molecule has 0 unspecified atom stereocenters. The molecular weight excluding hydrogens is 372 g/mol. The van der Waals surface area contributed by atoms with Crippen molar-refractivity contribution in [2.24, 2.45) is 0 Å². The van der Waals surface area contributed by atoms with Crippen LogP contribution in [0.15, 0.2) is 59.8 Å². The number of anilines is 2. The summed E-state index contributed by atoms with van der Waals surface area (Å²) in [6, 6.07) is 17.7. The molecule has 3 aromatic rings. The number of aromatic nitrogens is 2. The number of hydrogen-bond acceptors (Lipinski definition) is 6. The van der Waals surface area contributed by atoms with Gasteiger partial charge >= 0.3 is 0 Å². The van der Waals surface area contributed by atoms with Gasteiger partial charge in [-0.2, -0.15) is 0 Å². The Labute approximate surface area is 168 Å². The molecule has 1 saturated heterocycles. The minimum absolute atomic E-state index is 0.0326. The standard InChI is InChI=1S/C21H22N4O2S/c26-19(22-13-16-9-6-12-27-16)14-28-21-24-18-11-5-4-10-17(18)20(25-21)23-15-7-2-1-3-8-15/h1-5,7-8,10-11,16H,6,9,12-14H2,(H,22,26)(H,23,24,25)/t16-/m1/s1. The molecule has 1 amide bonds. The second-order valence-electron chi connectivity index (χ2n) is 6.59. The second kappa shape index (κ2) is 9.03. The van der Waals surface area contributed by atoms with Gasteiger partial charge in [0.2, 0.25) is 5.91 Å². The molecule has 2 N–H and O–H groups in total. The van der Waals surface area contributed by atoms with Crippen LogP contribution >= 0.6 is 11.8 Å². The summed E-state index contributed by atoms with van der Waals surface area (Å²) in [4.78, 5) is 21.4. The molecule has 2 heterocycles. The third-order valence-electron chi connectivity index (χ3n) is 4.50. The molecule has 1 fully saturated rings. The Balaban J connectivity index is 1.45. The number of amides is 1. The highest BCUT2D eigenvalue weighted by molar-refractivity contribution is 7.99. The van der Waals surface area contributed by atoms with Crippen LogP contribution < -0.4 is 10.6 Å². The van der Waals surface area contributed by atoms with Crippen LogP contribution in [0.25, 0.3) is 10.9 Å². The highest BCUT2D eigenvalue weighted by Crippen LogP contribution is 2.26. The van der Waals surface area contributed by atoms with Crippen LogP contribution in [0.2, 0.25) is 0 Å². The largest absolute Gasteiger partial charge is 0.376 e. The first-order valence-electron chi connectivity index (χ1n) is 9.38. The van der Waals surface area contributed by atoms with Gasteiger partial charge in [-0.3, -0.25) is 4.79 Å². The molecule has 144 valence electrons. The second-order valence-corrected chi connectivity index (χ2v) is 7.53. The lowest BCUT2D eigenvalue weighted by molar-refractivity contribution is -0.119. The molecule has 1 atom stereocenters. The zero-order valence-corrected chi connectivity index (χ0v) is 16.2. The molecule has 0 bridgehead atoms. The quantitative estimate of drug-likeness (QED) is 0.469. The molecule has 0 saturated carbocycles. The zero-order valence-electron chi connectivity index (χ0n) is 15.4. The maximum atomic E-state index is 12.2. The zero-order chi connectivity index (χ0) is 19.2. The summed E-state index contributed by atoms with van der Waals surface area (Å²) >= 11 is 1.34. The van der Waals surface area contributed by atoms with Gasteiger partial charge in [-0.05, 0) is 37.1 Å². The van der Waals surface area contributed by atoms with Crippen molar-refractivity contribution in [3.8, 4) is 0 Å². The van der Waals surface area contributed by atoms with Crippen LogP contribution in [0.1, 0.15) is 12.8 Å². The van der Waals surface area contributed by atoms with Crippen molar-refractivity contribution in [1.29, 1.82) is 0 Å². The van der Waals surface area contributed by atoms with E-state index in [0.29, 0.717) is 11.7 Å². The number of carbonyl (C=O) groups excluding carboxylic acids is 1.